The van der Waals surface area contributed by atoms with E-state index in [9.17, 15) is 4.79 Å². The second kappa shape index (κ2) is 4.44. The summed E-state index contributed by atoms with van der Waals surface area (Å²) in [5.41, 5.74) is 11.7. The molecule has 92 valence electrons. The van der Waals surface area contributed by atoms with Crippen LogP contribution >= 0.6 is 11.8 Å². The van der Waals surface area contributed by atoms with Crippen LogP contribution in [0, 0.1) is 0 Å². The van der Waals surface area contributed by atoms with Crippen LogP contribution in [0.1, 0.15) is 23.3 Å². The van der Waals surface area contributed by atoms with E-state index in [1.54, 1.807) is 6.07 Å². The Morgan fingerprint density at radius 1 is 1.59 bits per heavy atom. The summed E-state index contributed by atoms with van der Waals surface area (Å²) in [7, 11) is 0. The molecule has 0 bridgehead atoms. The van der Waals surface area contributed by atoms with Crippen molar-refractivity contribution in [2.24, 2.45) is 5.73 Å². The number of carbonyl (C=O) groups is 1. The van der Waals surface area contributed by atoms with Crippen molar-refractivity contribution >= 4 is 29.2 Å². The second-order valence-electron chi connectivity index (χ2n) is 4.24. The summed E-state index contributed by atoms with van der Waals surface area (Å²) < 4.78 is 0.316. The van der Waals surface area contributed by atoms with E-state index in [0.29, 0.717) is 16.3 Å². The topological polar surface area (TPSA) is 94.0 Å². The molecule has 0 saturated heterocycles. The average Bonchev–Trinajstić information content (AvgIpc) is 3.08. The van der Waals surface area contributed by atoms with Gasteiger partial charge in [-0.05, 0) is 31.2 Å². The Hall–Kier alpha value is -1.43. The van der Waals surface area contributed by atoms with Crippen molar-refractivity contribution in [1.29, 1.82) is 0 Å². The molecule has 1 aromatic heterocycles. The van der Waals surface area contributed by atoms with Gasteiger partial charge in [0.05, 0.1) is 5.69 Å². The molecule has 1 aromatic rings. The molecule has 1 fully saturated rings. The Bertz CT molecular complexity index is 445. The summed E-state index contributed by atoms with van der Waals surface area (Å²) in [5.74, 6) is 0.000627. The number of rotatable bonds is 5. The molecule has 0 aliphatic heterocycles. The number of hydrogen-bond acceptors (Lipinski definition) is 5. The number of nitrogens with one attached hydrogen (secondary N) is 1. The van der Waals surface area contributed by atoms with Crippen LogP contribution in [0.2, 0.25) is 0 Å². The van der Waals surface area contributed by atoms with Crippen LogP contribution < -0.4 is 16.8 Å². The van der Waals surface area contributed by atoms with Gasteiger partial charge in [0.15, 0.2) is 0 Å². The minimum absolute atomic E-state index is 0.232. The predicted molar refractivity (Wildman–Crippen MR) is 71.1 cm³/mol. The van der Waals surface area contributed by atoms with Crippen LogP contribution in [-0.4, -0.2) is 28.4 Å². The van der Waals surface area contributed by atoms with Gasteiger partial charge in [0.25, 0.3) is 5.91 Å². The first kappa shape index (κ1) is 12.0. The monoisotopic (exact) mass is 252 g/mol. The van der Waals surface area contributed by atoms with Crippen molar-refractivity contribution in [2.45, 2.75) is 17.6 Å². The van der Waals surface area contributed by atoms with E-state index < -0.39 is 5.91 Å². The van der Waals surface area contributed by atoms with E-state index in [4.69, 9.17) is 11.5 Å². The molecular formula is C11H16N4OS. The molecule has 0 unspecified atom stereocenters. The number of primary amides is 1. The quantitative estimate of drug-likeness (QED) is 0.728. The van der Waals surface area contributed by atoms with Crippen molar-refractivity contribution < 1.29 is 4.79 Å². The van der Waals surface area contributed by atoms with Crippen LogP contribution in [-0.2, 0) is 0 Å². The fraction of sp³-hybridized carbons (Fsp3) is 0.455. The Morgan fingerprint density at radius 3 is 2.82 bits per heavy atom. The van der Waals surface area contributed by atoms with Crippen LogP contribution in [0.3, 0.4) is 0 Å². The number of nitrogens with zero attached hydrogens (tertiary/aromatic N) is 1. The van der Waals surface area contributed by atoms with E-state index in [1.165, 1.54) is 18.9 Å². The van der Waals surface area contributed by atoms with Crippen LogP contribution in [0.4, 0.5) is 11.5 Å². The van der Waals surface area contributed by atoms with Crippen molar-refractivity contribution in [2.75, 3.05) is 23.9 Å². The first-order valence-corrected chi connectivity index (χ1v) is 6.64. The lowest BCUT2D eigenvalue weighted by Gasteiger charge is -2.15. The third-order valence-electron chi connectivity index (χ3n) is 3.00. The van der Waals surface area contributed by atoms with Gasteiger partial charge in [-0.3, -0.25) is 4.79 Å². The van der Waals surface area contributed by atoms with E-state index in [2.05, 4.69) is 16.6 Å². The first-order valence-electron chi connectivity index (χ1n) is 5.42. The van der Waals surface area contributed by atoms with Gasteiger partial charge in [-0.15, -0.1) is 0 Å². The van der Waals surface area contributed by atoms with Crippen molar-refractivity contribution in [1.82, 2.24) is 4.98 Å². The van der Waals surface area contributed by atoms with E-state index in [-0.39, 0.29) is 5.69 Å². The lowest BCUT2D eigenvalue weighted by Crippen LogP contribution is -2.20. The largest absolute Gasteiger partial charge is 0.396 e. The normalized spacial score (nSPS) is 16.5. The lowest BCUT2D eigenvalue weighted by atomic mass is 10.3. The third kappa shape index (κ3) is 2.63. The molecule has 0 atom stereocenters. The highest BCUT2D eigenvalue weighted by molar-refractivity contribution is 8.00. The fourth-order valence-corrected chi connectivity index (χ4v) is 2.31. The summed E-state index contributed by atoms with van der Waals surface area (Å²) in [6.45, 7) is 0.813. The molecule has 6 heteroatoms. The molecule has 2 rings (SSSR count). The van der Waals surface area contributed by atoms with Gasteiger partial charge in [0.1, 0.15) is 11.5 Å². The van der Waals surface area contributed by atoms with Crippen molar-refractivity contribution in [3.05, 3.63) is 17.8 Å². The molecule has 1 aliphatic carbocycles. The molecule has 5 nitrogen and oxygen atoms in total. The molecular weight excluding hydrogens is 236 g/mol. The van der Waals surface area contributed by atoms with E-state index >= 15 is 0 Å². The number of hydrogen-bond donors (Lipinski definition) is 3. The number of amides is 1. The smallest absolute Gasteiger partial charge is 0.267 e. The van der Waals surface area contributed by atoms with Gasteiger partial charge in [0.2, 0.25) is 0 Å². The van der Waals surface area contributed by atoms with Crippen molar-refractivity contribution in [3.63, 3.8) is 0 Å². The summed E-state index contributed by atoms with van der Waals surface area (Å²) in [5, 5.41) is 3.20. The minimum atomic E-state index is -0.543. The number of aromatic nitrogens is 1. The summed E-state index contributed by atoms with van der Waals surface area (Å²) in [4.78, 5) is 15.1. The third-order valence-corrected chi connectivity index (χ3v) is 4.42. The molecule has 1 heterocycles. The molecule has 17 heavy (non-hydrogen) atoms. The Labute approximate surface area is 104 Å². The highest BCUT2D eigenvalue weighted by Crippen LogP contribution is 2.47. The Balaban J connectivity index is 2.09. The van der Waals surface area contributed by atoms with Gasteiger partial charge in [-0.25, -0.2) is 4.98 Å². The van der Waals surface area contributed by atoms with Gasteiger partial charge < -0.3 is 16.8 Å². The maximum Gasteiger partial charge on any atom is 0.267 e. The molecule has 0 aromatic carbocycles. The molecule has 1 amide bonds. The zero-order valence-corrected chi connectivity index (χ0v) is 10.5. The molecule has 5 N–H and O–H groups in total. The number of carbonyl (C=O) groups excluding carboxylic acids is 1. The highest BCUT2D eigenvalue weighted by Gasteiger charge is 2.41. The molecule has 1 saturated carbocycles. The van der Waals surface area contributed by atoms with Gasteiger partial charge in [-0.2, -0.15) is 11.8 Å². The number of anilines is 2. The number of nitrogen functional groups attached to an aromatic ring is 1. The van der Waals surface area contributed by atoms with Crippen LogP contribution in [0.5, 0.6) is 0 Å². The molecule has 0 radical (unpaired) electrons. The van der Waals surface area contributed by atoms with E-state index in [1.807, 2.05) is 11.8 Å². The zero-order valence-electron chi connectivity index (χ0n) is 9.69. The standard InChI is InChI=1S/C11H16N4OS/c1-17-11(4-5-11)6-14-10-7(12)2-3-8(15-10)9(13)16/h2-3H,4-6,12H2,1H3,(H2,13,16)(H,14,15). The summed E-state index contributed by atoms with van der Waals surface area (Å²) >= 11 is 1.85. The molecule has 1 aliphatic rings. The van der Waals surface area contributed by atoms with Crippen LogP contribution in [0.15, 0.2) is 12.1 Å². The second-order valence-corrected chi connectivity index (χ2v) is 5.51. The van der Waals surface area contributed by atoms with Crippen LogP contribution in [0.25, 0.3) is 0 Å². The van der Waals surface area contributed by atoms with E-state index in [0.717, 1.165) is 6.54 Å². The summed E-state index contributed by atoms with van der Waals surface area (Å²) in [6.07, 6.45) is 4.51. The van der Waals surface area contributed by atoms with Gasteiger partial charge in [0, 0.05) is 11.3 Å². The summed E-state index contributed by atoms with van der Waals surface area (Å²) in [6, 6.07) is 3.18. The number of nitrogens with two attached hydrogens (primary N) is 2. The maximum atomic E-state index is 11.0. The van der Waals surface area contributed by atoms with Gasteiger partial charge >= 0.3 is 0 Å². The number of thioether (sulfide) groups is 1. The van der Waals surface area contributed by atoms with Gasteiger partial charge in [-0.1, -0.05) is 0 Å². The minimum Gasteiger partial charge on any atom is -0.396 e. The SMILES string of the molecule is CSC1(CNc2nc(C(N)=O)ccc2N)CC1. The average molecular weight is 252 g/mol. The lowest BCUT2D eigenvalue weighted by molar-refractivity contribution is 0.0996. The zero-order chi connectivity index (χ0) is 12.5. The first-order chi connectivity index (χ1) is 8.06. The number of pyridine rings is 1. The highest BCUT2D eigenvalue weighted by atomic mass is 32.2. The predicted octanol–water partition coefficient (Wildman–Crippen LogP) is 1.07. The molecule has 0 spiro atoms. The fourth-order valence-electron chi connectivity index (χ4n) is 1.59. The Morgan fingerprint density at radius 2 is 2.29 bits per heavy atom. The maximum absolute atomic E-state index is 11.0. The Kier molecular flexibility index (Phi) is 3.15. The van der Waals surface area contributed by atoms with Crippen molar-refractivity contribution in [3.8, 4) is 0 Å².